The molecular formula is C84H108F8O8Si2. The molecule has 0 radical (unpaired) electrons. The van der Waals surface area contributed by atoms with E-state index in [4.69, 9.17) is 8.85 Å². The molecule has 8 aromatic carbocycles. The summed E-state index contributed by atoms with van der Waals surface area (Å²) in [5.74, 6) is -4.25. The van der Waals surface area contributed by atoms with Gasteiger partial charge in [-0.3, -0.25) is 0 Å². The summed E-state index contributed by atoms with van der Waals surface area (Å²) in [6, 6.07) is 34.0. The number of benzene rings is 8. The van der Waals surface area contributed by atoms with Crippen LogP contribution in [0.3, 0.4) is 0 Å². The van der Waals surface area contributed by atoms with Gasteiger partial charge in [-0.05, 0) is 197 Å². The number of rotatable bonds is 16. The minimum Gasteiger partial charge on any atom is -0.413 e. The molecule has 0 aliphatic rings. The van der Waals surface area contributed by atoms with E-state index in [0.717, 1.165) is 71.8 Å². The Hall–Kier alpha value is -6.69. The van der Waals surface area contributed by atoms with Gasteiger partial charge in [-0.15, -0.1) is 0 Å². The van der Waals surface area contributed by atoms with Gasteiger partial charge in [0.15, 0.2) is 16.6 Å². The Morgan fingerprint density at radius 1 is 0.284 bits per heavy atom. The Morgan fingerprint density at radius 3 is 0.667 bits per heavy atom. The van der Waals surface area contributed by atoms with Crippen molar-refractivity contribution >= 4 is 16.6 Å². The Balaban J connectivity index is 0.000000247. The molecule has 8 nitrogen and oxygen atoms in total. The van der Waals surface area contributed by atoms with Crippen molar-refractivity contribution in [3.8, 4) is 44.5 Å². The van der Waals surface area contributed by atoms with Gasteiger partial charge >= 0.3 is 0 Å². The van der Waals surface area contributed by atoms with Crippen LogP contribution in [0.25, 0.3) is 44.5 Å². The molecule has 0 saturated heterocycles. The van der Waals surface area contributed by atoms with E-state index in [-0.39, 0.29) is 45.5 Å². The number of aliphatic hydroxyl groups excluding tert-OH is 6. The molecule has 8 aromatic rings. The van der Waals surface area contributed by atoms with E-state index < -0.39 is 109 Å². The molecule has 0 bridgehead atoms. The summed E-state index contributed by atoms with van der Waals surface area (Å²) in [6.45, 7) is 45.0. The van der Waals surface area contributed by atoms with E-state index in [0.29, 0.717) is 68.8 Å². The first-order chi connectivity index (χ1) is 46.7. The zero-order chi connectivity index (χ0) is 77.4. The van der Waals surface area contributed by atoms with Crippen molar-refractivity contribution < 1.29 is 74.6 Å². The first kappa shape index (κ1) is 86.0. The van der Waals surface area contributed by atoms with Gasteiger partial charge in [0.2, 0.25) is 0 Å². The van der Waals surface area contributed by atoms with E-state index in [1.165, 1.54) is 12.1 Å². The molecule has 0 fully saturated rings. The summed E-state index contributed by atoms with van der Waals surface area (Å²) in [7, 11) is -3.87. The second-order valence-electron chi connectivity index (χ2n) is 33.7. The van der Waals surface area contributed by atoms with Crippen LogP contribution < -0.4 is 0 Å². The quantitative estimate of drug-likeness (QED) is 0.0415. The summed E-state index contributed by atoms with van der Waals surface area (Å²) in [6.07, 6.45) is -3.44. The first-order valence-corrected chi connectivity index (χ1v) is 40.1. The van der Waals surface area contributed by atoms with Gasteiger partial charge in [0.05, 0.1) is 50.8 Å². The molecule has 18 heteroatoms. The summed E-state index contributed by atoms with van der Waals surface area (Å²) in [5.41, 5.74) is 5.64. The average Bonchev–Trinajstić information content (AvgIpc) is 0.801. The lowest BCUT2D eigenvalue weighted by Crippen LogP contribution is -2.40. The minimum atomic E-state index is -1.93. The Morgan fingerprint density at radius 2 is 0.480 bits per heavy atom. The van der Waals surface area contributed by atoms with Crippen LogP contribution in [0.15, 0.2) is 146 Å². The van der Waals surface area contributed by atoms with Gasteiger partial charge in [0.1, 0.15) is 46.5 Å². The molecule has 0 heterocycles. The summed E-state index contributed by atoms with van der Waals surface area (Å²) in [4.78, 5) is 0. The molecule has 6 N–H and O–H groups in total. The van der Waals surface area contributed by atoms with Gasteiger partial charge in [0.25, 0.3) is 0 Å². The van der Waals surface area contributed by atoms with Gasteiger partial charge < -0.3 is 39.5 Å². The second kappa shape index (κ2) is 34.0. The predicted octanol–water partition coefficient (Wildman–Crippen LogP) is 22.9. The molecule has 4 atom stereocenters. The fraction of sp³-hybridized carbons (Fsp3) is 0.429. The van der Waals surface area contributed by atoms with Gasteiger partial charge in [0, 0.05) is 22.3 Å². The zero-order valence-corrected chi connectivity index (χ0v) is 65.5. The topological polar surface area (TPSA) is 140 Å². The van der Waals surface area contributed by atoms with Gasteiger partial charge in [-0.25, -0.2) is 35.1 Å². The highest BCUT2D eigenvalue weighted by molar-refractivity contribution is 6.74. The molecule has 0 unspecified atom stereocenters. The highest BCUT2D eigenvalue weighted by Gasteiger charge is 2.39. The lowest BCUT2D eigenvalue weighted by Gasteiger charge is -2.36. The van der Waals surface area contributed by atoms with Crippen molar-refractivity contribution in [1.82, 2.24) is 0 Å². The minimum absolute atomic E-state index is 0.0887. The van der Waals surface area contributed by atoms with Crippen LogP contribution in [-0.4, -0.2) is 47.3 Å². The third-order valence-corrected chi connectivity index (χ3v) is 27.9. The molecule has 102 heavy (non-hydrogen) atoms. The standard InChI is InChI=1S/2C24H34F2O2Si.2C18H20F2O2/c2*1-23(2,3)22(27)20-13-16(15-28-29(7,8)24(4,5)6)9-11-18(20)19-14-17(25)10-12-21(19)26;2*1-18(2,3)17(22)15-8-11(10-21)4-6-13(15)14-9-12(19)5-7-16(14)20/h2*9-14,22,27H,15H2,1-8H3;2*4-9,17,21-22H,10H2,1-3H3/t2*22-;2*17-/m1010/s1. The maximum absolute atomic E-state index is 14.5. The lowest BCUT2D eigenvalue weighted by molar-refractivity contribution is 0.0629. The molecule has 0 aliphatic carbocycles. The van der Waals surface area contributed by atoms with Crippen molar-refractivity contribution in [2.45, 2.75) is 212 Å². The van der Waals surface area contributed by atoms with Gasteiger partial charge in [-0.1, -0.05) is 197 Å². The average molecular weight is 1450 g/mol. The SMILES string of the molecule is CC(C)(C)[C@@H](O)c1cc(CO)ccc1-c1cc(F)ccc1F.CC(C)(C)[C@@H](O)c1cc(CO[Si](C)(C)C(C)(C)C)ccc1-c1cc(F)ccc1F.CC(C)(C)[C@H](O)c1cc(CO)ccc1-c1cc(F)ccc1F.CC(C)(C)[C@H](O)c1cc(CO[Si](C)(C)C(C)(C)C)ccc1-c1cc(F)ccc1F. The van der Waals surface area contributed by atoms with Crippen molar-refractivity contribution in [3.63, 3.8) is 0 Å². The number of halogens is 8. The van der Waals surface area contributed by atoms with E-state index in [1.54, 1.807) is 48.5 Å². The van der Waals surface area contributed by atoms with Crippen molar-refractivity contribution in [3.05, 3.63) is 237 Å². The van der Waals surface area contributed by atoms with E-state index in [2.05, 4.69) is 67.7 Å². The smallest absolute Gasteiger partial charge is 0.192 e. The Labute approximate surface area is 602 Å². The molecule has 0 aliphatic heterocycles. The van der Waals surface area contributed by atoms with Crippen LogP contribution in [0.5, 0.6) is 0 Å². The van der Waals surface area contributed by atoms with E-state index in [9.17, 15) is 65.8 Å². The molecule has 0 saturated carbocycles. The monoisotopic (exact) mass is 1450 g/mol. The fourth-order valence-corrected chi connectivity index (χ4v) is 12.3. The van der Waals surface area contributed by atoms with E-state index >= 15 is 0 Å². The summed E-state index contributed by atoms with van der Waals surface area (Å²) in [5, 5.41) is 61.9. The highest BCUT2D eigenvalue weighted by atomic mass is 28.4. The van der Waals surface area contributed by atoms with Crippen LogP contribution in [0.2, 0.25) is 36.3 Å². The molecule has 0 aromatic heterocycles. The van der Waals surface area contributed by atoms with Crippen molar-refractivity contribution in [2.75, 3.05) is 0 Å². The number of hydrogen-bond acceptors (Lipinski definition) is 8. The zero-order valence-electron chi connectivity index (χ0n) is 63.5. The third-order valence-electron chi connectivity index (χ3n) is 19.0. The van der Waals surface area contributed by atoms with Crippen LogP contribution >= 0.6 is 0 Å². The molecule has 556 valence electrons. The van der Waals surface area contributed by atoms with Crippen LogP contribution in [0.4, 0.5) is 35.1 Å². The normalized spacial score (nSPS) is 13.8. The maximum atomic E-state index is 14.5. The molecule has 0 spiro atoms. The Kier molecular flexibility index (Phi) is 28.7. The molecule has 0 amide bonds. The van der Waals surface area contributed by atoms with Crippen LogP contribution in [0.1, 0.15) is 194 Å². The summed E-state index contributed by atoms with van der Waals surface area (Å²) >= 11 is 0. The highest BCUT2D eigenvalue weighted by Crippen LogP contribution is 2.46. The molecule has 8 rings (SSSR count). The summed E-state index contributed by atoms with van der Waals surface area (Å²) < 4.78 is 124. The third kappa shape index (κ3) is 22.7. The van der Waals surface area contributed by atoms with Crippen LogP contribution in [-0.2, 0) is 35.3 Å². The number of aliphatic hydroxyl groups is 6. The van der Waals surface area contributed by atoms with Crippen LogP contribution in [0, 0.1) is 68.2 Å². The Bertz CT molecular complexity index is 3870. The maximum Gasteiger partial charge on any atom is 0.192 e. The van der Waals surface area contributed by atoms with Crippen molar-refractivity contribution in [2.24, 2.45) is 21.7 Å². The van der Waals surface area contributed by atoms with Crippen molar-refractivity contribution in [1.29, 1.82) is 0 Å². The predicted molar refractivity (Wildman–Crippen MR) is 401 cm³/mol. The molecular weight excluding hydrogens is 1350 g/mol. The second-order valence-corrected chi connectivity index (χ2v) is 43.3. The number of hydrogen-bond donors (Lipinski definition) is 6. The van der Waals surface area contributed by atoms with E-state index in [1.807, 2.05) is 107 Å². The first-order valence-electron chi connectivity index (χ1n) is 34.3. The largest absolute Gasteiger partial charge is 0.413 e. The van der Waals surface area contributed by atoms with Gasteiger partial charge in [-0.2, -0.15) is 0 Å². The lowest BCUT2D eigenvalue weighted by atomic mass is 9.81. The fourth-order valence-electron chi connectivity index (χ4n) is 10.4.